The zero-order valence-electron chi connectivity index (χ0n) is 75.5. The second kappa shape index (κ2) is 57.4. The molecule has 0 fully saturated rings. The van der Waals surface area contributed by atoms with Crippen LogP contribution in [0.3, 0.4) is 0 Å². The second-order valence-corrected chi connectivity index (χ2v) is 35.9. The number of carboxylic acids is 1. The summed E-state index contributed by atoms with van der Waals surface area (Å²) in [5.41, 5.74) is 3.67. The molecule has 2 aromatic rings. The van der Waals surface area contributed by atoms with Gasteiger partial charge in [0.1, 0.15) is 18.0 Å². The van der Waals surface area contributed by atoms with Crippen molar-refractivity contribution in [1.29, 1.82) is 0 Å². The van der Waals surface area contributed by atoms with Crippen LogP contribution in [0.1, 0.15) is 303 Å². The molecular weight excluding hydrogens is 1590 g/mol. The van der Waals surface area contributed by atoms with Crippen molar-refractivity contribution in [2.24, 2.45) is 47.3 Å². The number of esters is 2. The van der Waals surface area contributed by atoms with Gasteiger partial charge in [-0.25, -0.2) is 0 Å². The summed E-state index contributed by atoms with van der Waals surface area (Å²) in [5.74, 6) is -7.56. The number of anilines is 2. The molecule has 688 valence electrons. The van der Waals surface area contributed by atoms with Crippen LogP contribution < -0.4 is 35.8 Å². The fraction of sp³-hybridized carbons (Fsp3) is 0.570. The number of benzene rings is 2. The molecule has 24 heteroatoms. The Morgan fingerprint density at radius 2 is 0.855 bits per heavy atom. The van der Waals surface area contributed by atoms with Crippen LogP contribution in [0.2, 0.25) is 0 Å². The average Bonchev–Trinajstić information content (AvgIpc) is 0.842. The Morgan fingerprint density at radius 1 is 0.500 bits per heavy atom. The predicted molar refractivity (Wildman–Crippen MR) is 490 cm³/mol. The lowest BCUT2D eigenvalue weighted by atomic mass is 9.80. The molecule has 2 aromatic carbocycles. The molecule has 0 saturated heterocycles. The molecule has 0 radical (unpaired) electrons. The van der Waals surface area contributed by atoms with E-state index in [1.54, 1.807) is 44.2 Å². The van der Waals surface area contributed by atoms with Crippen molar-refractivity contribution in [3.8, 4) is 5.75 Å². The molecule has 124 heavy (non-hydrogen) atoms. The first-order chi connectivity index (χ1) is 57.6. The number of carbonyl (C=O) groups is 11. The minimum atomic E-state index is -3.96. The van der Waals surface area contributed by atoms with Crippen molar-refractivity contribution in [1.82, 2.24) is 10.6 Å². The maximum atomic E-state index is 13.9. The quantitative estimate of drug-likeness (QED) is 0.0139. The summed E-state index contributed by atoms with van der Waals surface area (Å²) < 4.78 is 27.5. The first kappa shape index (κ1) is 111. The zero-order valence-corrected chi connectivity index (χ0v) is 76.4. The number of ether oxygens (including phenoxy) is 2. The Balaban J connectivity index is 0.000000693. The van der Waals surface area contributed by atoms with E-state index < -0.39 is 85.0 Å². The summed E-state index contributed by atoms with van der Waals surface area (Å²) in [6.07, 6.45) is 39.4. The standard InChI is InChI=1S/C41H55N2O10P.C39H48N2O9.C18H38.2CH4/c1-24-20-27(4)38(47)28(5)22-29(6)40(52-30(7)44)25(2)12-11-13-26(3)41(49)43-35-23-36(45)33(34(21-24)39(35)48)14-9-10-15-37(46)42-31-16-18-32(19-17-31)53-54(8,50)51;1-21-17-24(4)35(45)25(5)19-26(6)37(50-27(7)42)22(2)9-8-10-23(3)38(47)41-32-20-33(43)30(31(18-21)36(32)46)15-16-34(44)40-29-13-11-28(12-14-29)39(48)49;1-3-5-7-9-11-13-15-17-18-16-14-12-10-8-6-4-2;;/h11-13,16-19,22-25,27-28,38,40,47H,9-10,14-15,20-21H2,1-8H3,(H,42,46)(H,43,49)(H,50,51);8-14,19-22,24-25,35,37,45H,15-18H2,1-7H3,(H,40,44)(H,41,47)(H,48,49);3-18H2,1-2H3;2*1H4/p-2/b12-11-,26-13+,29-22+;9-8-,23-10+,26-19+;;;/t24-,25-,27-,28-,38-,40+;21-,22-,24-,25-,35-,37+;;;/m00.../s1. The molecule has 13 atom stereocenters. The van der Waals surface area contributed by atoms with Crippen LogP contribution in [0.25, 0.3) is 0 Å². The lowest BCUT2D eigenvalue weighted by molar-refractivity contribution is -0.255. The van der Waals surface area contributed by atoms with Crippen LogP contribution in [0.5, 0.6) is 5.75 Å². The number of aliphatic hydroxyl groups is 2. The monoisotopic (exact) mass is 1740 g/mol. The van der Waals surface area contributed by atoms with Crippen molar-refractivity contribution in [2.45, 2.75) is 317 Å². The second-order valence-electron chi connectivity index (χ2n) is 34.1. The summed E-state index contributed by atoms with van der Waals surface area (Å²) in [6, 6.07) is 11.4. The normalized spacial score (nSPS) is 25.4. The van der Waals surface area contributed by atoms with Gasteiger partial charge in [-0.15, -0.1) is 0 Å². The first-order valence-corrected chi connectivity index (χ1v) is 46.1. The fourth-order valence-corrected chi connectivity index (χ4v) is 16.3. The lowest BCUT2D eigenvalue weighted by Gasteiger charge is -2.28. The van der Waals surface area contributed by atoms with Gasteiger partial charge in [-0.05, 0) is 156 Å². The van der Waals surface area contributed by atoms with E-state index in [2.05, 4.69) is 35.1 Å². The van der Waals surface area contributed by atoms with Gasteiger partial charge < -0.3 is 60.3 Å². The van der Waals surface area contributed by atoms with Gasteiger partial charge in [-0.3, -0.25) is 52.5 Å². The molecule has 0 saturated carbocycles. The van der Waals surface area contributed by atoms with Crippen molar-refractivity contribution in [2.75, 3.05) is 17.3 Å². The molecule has 23 nitrogen and oxygen atoms in total. The van der Waals surface area contributed by atoms with Gasteiger partial charge in [0.05, 0.1) is 29.6 Å². The maximum absolute atomic E-state index is 13.9. The number of nitrogens with one attached hydrogen (secondary N) is 4. The van der Waals surface area contributed by atoms with E-state index in [0.717, 1.165) is 30.0 Å². The van der Waals surface area contributed by atoms with Crippen LogP contribution in [0, 0.1) is 47.3 Å². The van der Waals surface area contributed by atoms with Crippen LogP contribution in [0.4, 0.5) is 11.4 Å². The average molecular weight is 1740 g/mol. The Morgan fingerprint density at radius 3 is 1.21 bits per heavy atom. The fourth-order valence-electron chi connectivity index (χ4n) is 15.8. The number of hydrogen-bond acceptors (Lipinski definition) is 19. The highest BCUT2D eigenvalue weighted by Crippen LogP contribution is 2.37. The smallest absolute Gasteiger partial charge is 0.303 e. The van der Waals surface area contributed by atoms with E-state index in [-0.39, 0.29) is 152 Å². The topological polar surface area (TPSA) is 367 Å². The zero-order chi connectivity index (χ0) is 90.9. The van der Waals surface area contributed by atoms with Crippen molar-refractivity contribution in [3.63, 3.8) is 0 Å². The number of rotatable bonds is 30. The van der Waals surface area contributed by atoms with Gasteiger partial charge in [0, 0.05) is 114 Å². The third-order valence-corrected chi connectivity index (χ3v) is 23.0. The van der Waals surface area contributed by atoms with E-state index in [0.29, 0.717) is 53.8 Å². The number of aromatic carboxylic acids is 1. The summed E-state index contributed by atoms with van der Waals surface area (Å²) in [5, 5.41) is 44.3. The Kier molecular flexibility index (Phi) is 51.2. The SMILES string of the molecule is C.C.CC(=O)O[C@H]1/C(C)=C/[C@H](C)[C@@H](O)[C@@H](C)C[C@H](C)CC2=C(CCC(=O)Nc3ccc(C(=O)[O-])cc3)C(=O)C=C(NC(=O)/C(C)=C/C=C\[C@@H]1C)C2=O.CC(=O)O[C@H]1/C(C)=C/[C@H](C)[C@@H](O)[C@@H](C)C[C@H](C)CC2=C(CCCCC(=O)Nc3ccc(OP(C)(=O)[O-])cc3)C(=O)C=C(NC(=O)/C(C)=C/C=C\[C@@H]1C)C2=O.CCCCCCCCCCCCCCCCCC. The van der Waals surface area contributed by atoms with E-state index in [1.807, 2.05) is 87.5 Å². The number of carboxylic acid groups (broad SMARTS) is 1. The summed E-state index contributed by atoms with van der Waals surface area (Å²) in [7, 11) is -3.96. The highest BCUT2D eigenvalue weighted by molar-refractivity contribution is 7.50. The summed E-state index contributed by atoms with van der Waals surface area (Å²) in [6.45, 7) is 30.4. The first-order valence-electron chi connectivity index (χ1n) is 44.1. The predicted octanol–water partition coefficient (Wildman–Crippen LogP) is 19.1. The van der Waals surface area contributed by atoms with Crippen LogP contribution in [-0.4, -0.2) is 106 Å². The molecule has 4 aliphatic rings. The Labute approximate surface area is 740 Å². The van der Waals surface area contributed by atoms with Crippen LogP contribution in [0.15, 0.2) is 165 Å². The summed E-state index contributed by atoms with van der Waals surface area (Å²) >= 11 is 0. The molecule has 4 amide bonds. The van der Waals surface area contributed by atoms with E-state index >= 15 is 0 Å². The molecular formula is C100H147N4O19P-2. The van der Waals surface area contributed by atoms with Gasteiger partial charge in [0.15, 0.2) is 19.2 Å². The largest absolute Gasteiger partial charge is 0.769 e. The molecule has 1 unspecified atom stereocenters. The minimum absolute atomic E-state index is 0. The van der Waals surface area contributed by atoms with E-state index in [1.165, 1.54) is 165 Å². The molecule has 6 N–H and O–H groups in total. The lowest BCUT2D eigenvalue weighted by Crippen LogP contribution is -2.33. The van der Waals surface area contributed by atoms with Crippen LogP contribution >= 0.6 is 7.60 Å². The number of fused-ring (bicyclic) bond motifs is 4. The number of allylic oxidation sites excluding steroid dienone is 10. The molecule has 0 aromatic heterocycles. The number of aliphatic hydroxyl groups excluding tert-OH is 2. The maximum Gasteiger partial charge on any atom is 0.303 e. The molecule has 6 rings (SSSR count). The molecule has 2 aliphatic heterocycles. The molecule has 0 spiro atoms. The molecule has 2 aliphatic carbocycles. The van der Waals surface area contributed by atoms with Crippen molar-refractivity contribution in [3.05, 3.63) is 171 Å². The van der Waals surface area contributed by atoms with Gasteiger partial charge in [-0.1, -0.05) is 248 Å². The number of carbonyl (C=O) groups excluding carboxylic acids is 11. The van der Waals surface area contributed by atoms with E-state index in [4.69, 9.17) is 14.0 Å². The summed E-state index contributed by atoms with van der Waals surface area (Å²) in [4.78, 5) is 153. The highest BCUT2D eigenvalue weighted by atomic mass is 31.2. The van der Waals surface area contributed by atoms with Crippen LogP contribution in [-0.2, 0) is 62.0 Å². The minimum Gasteiger partial charge on any atom is -0.769 e. The molecule has 2 heterocycles. The number of unbranched alkanes of at least 4 members (excludes halogenated alkanes) is 16. The third-order valence-electron chi connectivity index (χ3n) is 22.5. The van der Waals surface area contributed by atoms with E-state index in [9.17, 15) is 77.5 Å². The Bertz CT molecular complexity index is 4240. The van der Waals surface area contributed by atoms with Crippen molar-refractivity contribution >= 4 is 83.6 Å². The molecule has 4 bridgehead atoms. The third kappa shape index (κ3) is 40.4. The van der Waals surface area contributed by atoms with Crippen molar-refractivity contribution < 1.29 is 91.5 Å². The number of amides is 4. The number of hydrogen-bond donors (Lipinski definition) is 6. The number of ketones is 4. The Hall–Kier alpha value is -9.28. The highest BCUT2D eigenvalue weighted by Gasteiger charge is 2.35. The van der Waals surface area contributed by atoms with Gasteiger partial charge >= 0.3 is 11.9 Å². The number of Topliss-reactive ketones (excluding diaryl/α,β-unsaturated/α-hetero) is 2. The van der Waals surface area contributed by atoms with Gasteiger partial charge in [0.2, 0.25) is 23.4 Å². The van der Waals surface area contributed by atoms with Gasteiger partial charge in [-0.2, -0.15) is 0 Å². The van der Waals surface area contributed by atoms with Gasteiger partial charge in [0.25, 0.3) is 11.8 Å².